The third-order valence-corrected chi connectivity index (χ3v) is 3.23. The highest BCUT2D eigenvalue weighted by atomic mass is 16.2. The van der Waals surface area contributed by atoms with Crippen molar-refractivity contribution < 1.29 is 4.79 Å². The van der Waals surface area contributed by atoms with Crippen LogP contribution >= 0.6 is 0 Å². The summed E-state index contributed by atoms with van der Waals surface area (Å²) < 4.78 is 0. The Morgan fingerprint density at radius 3 is 2.18 bits per heavy atom. The summed E-state index contributed by atoms with van der Waals surface area (Å²) in [5.74, 6) is 0.222. The molecule has 94 valence electrons. The van der Waals surface area contributed by atoms with Crippen molar-refractivity contribution in [1.82, 2.24) is 4.90 Å². The molecule has 0 saturated heterocycles. The lowest BCUT2D eigenvalue weighted by atomic mass is 10.1. The zero-order valence-electron chi connectivity index (χ0n) is 11.4. The molecule has 0 saturated carbocycles. The van der Waals surface area contributed by atoms with E-state index in [1.54, 1.807) is 4.90 Å². The van der Waals surface area contributed by atoms with Gasteiger partial charge in [0.05, 0.1) is 0 Å². The van der Waals surface area contributed by atoms with E-state index in [1.165, 1.54) is 11.1 Å². The van der Waals surface area contributed by atoms with Crippen LogP contribution in [0.3, 0.4) is 0 Å². The van der Waals surface area contributed by atoms with E-state index in [-0.39, 0.29) is 11.9 Å². The Labute approximate surface area is 105 Å². The zero-order chi connectivity index (χ0) is 12.8. The summed E-state index contributed by atoms with van der Waals surface area (Å²) in [5.41, 5.74) is 2.59. The quantitative estimate of drug-likeness (QED) is 0.765. The molecule has 0 bridgehead atoms. The first-order valence-electron chi connectivity index (χ1n) is 6.38. The molecule has 0 fully saturated rings. The van der Waals surface area contributed by atoms with Gasteiger partial charge in [-0.25, -0.2) is 0 Å². The van der Waals surface area contributed by atoms with Crippen molar-refractivity contribution in [3.63, 3.8) is 0 Å². The van der Waals surface area contributed by atoms with Crippen molar-refractivity contribution in [2.75, 3.05) is 7.05 Å². The topological polar surface area (TPSA) is 20.3 Å². The first-order chi connectivity index (χ1) is 8.04. The molecular weight excluding hydrogens is 210 g/mol. The molecule has 0 N–H and O–H groups in total. The average Bonchev–Trinajstić information content (AvgIpc) is 2.35. The van der Waals surface area contributed by atoms with Gasteiger partial charge in [-0.15, -0.1) is 0 Å². The highest BCUT2D eigenvalue weighted by Crippen LogP contribution is 2.08. The lowest BCUT2D eigenvalue weighted by Crippen LogP contribution is -2.33. The van der Waals surface area contributed by atoms with Gasteiger partial charge in [-0.05, 0) is 37.8 Å². The smallest absolute Gasteiger partial charge is 0.222 e. The van der Waals surface area contributed by atoms with E-state index in [1.807, 2.05) is 20.9 Å². The second kappa shape index (κ2) is 6.43. The van der Waals surface area contributed by atoms with Gasteiger partial charge in [-0.1, -0.05) is 31.2 Å². The van der Waals surface area contributed by atoms with E-state index in [2.05, 4.69) is 31.2 Å². The summed E-state index contributed by atoms with van der Waals surface area (Å²) >= 11 is 0. The Bertz CT molecular complexity index is 354. The Hall–Kier alpha value is -1.31. The van der Waals surface area contributed by atoms with Crippen LogP contribution in [0.15, 0.2) is 24.3 Å². The number of amides is 1. The van der Waals surface area contributed by atoms with E-state index in [0.717, 1.165) is 12.8 Å². The summed E-state index contributed by atoms with van der Waals surface area (Å²) in [6, 6.07) is 8.82. The first-order valence-corrected chi connectivity index (χ1v) is 6.38. The number of carbonyl (C=O) groups is 1. The monoisotopic (exact) mass is 233 g/mol. The second-order valence-electron chi connectivity index (χ2n) is 4.77. The van der Waals surface area contributed by atoms with Crippen molar-refractivity contribution >= 4 is 5.91 Å². The highest BCUT2D eigenvalue weighted by molar-refractivity contribution is 5.76. The van der Waals surface area contributed by atoms with Crippen LogP contribution in [-0.4, -0.2) is 23.9 Å². The molecule has 1 amide bonds. The first kappa shape index (κ1) is 13.8. The van der Waals surface area contributed by atoms with Crippen LogP contribution in [0.1, 0.15) is 38.3 Å². The minimum atomic E-state index is 0.222. The van der Waals surface area contributed by atoms with E-state index in [4.69, 9.17) is 0 Å². The number of aryl methyl sites for hydroxylation is 2. The maximum atomic E-state index is 11.8. The predicted octanol–water partition coefficient (Wildman–Crippen LogP) is 3.05. The van der Waals surface area contributed by atoms with Crippen LogP contribution in [-0.2, 0) is 17.6 Å². The molecule has 1 aromatic rings. The van der Waals surface area contributed by atoms with Crippen LogP contribution in [0.2, 0.25) is 0 Å². The van der Waals surface area contributed by atoms with Crippen LogP contribution in [0.25, 0.3) is 0 Å². The minimum absolute atomic E-state index is 0.222. The molecule has 0 spiro atoms. The number of benzene rings is 1. The summed E-state index contributed by atoms with van der Waals surface area (Å²) in [7, 11) is 1.87. The maximum absolute atomic E-state index is 11.8. The number of carbonyl (C=O) groups excluding carboxylic acids is 1. The maximum Gasteiger partial charge on any atom is 0.222 e. The van der Waals surface area contributed by atoms with Gasteiger partial charge in [-0.3, -0.25) is 4.79 Å². The molecule has 1 rings (SSSR count). The van der Waals surface area contributed by atoms with Gasteiger partial charge in [0, 0.05) is 19.5 Å². The molecular formula is C15H23NO. The second-order valence-corrected chi connectivity index (χ2v) is 4.77. The summed E-state index contributed by atoms with van der Waals surface area (Å²) in [4.78, 5) is 13.6. The van der Waals surface area contributed by atoms with E-state index >= 15 is 0 Å². The fraction of sp³-hybridized carbons (Fsp3) is 0.533. The molecule has 0 radical (unpaired) electrons. The third kappa shape index (κ3) is 4.22. The van der Waals surface area contributed by atoms with Gasteiger partial charge in [0.15, 0.2) is 0 Å². The molecule has 2 heteroatoms. The van der Waals surface area contributed by atoms with Gasteiger partial charge in [-0.2, -0.15) is 0 Å². The number of hydrogen-bond acceptors (Lipinski definition) is 1. The third-order valence-electron chi connectivity index (χ3n) is 3.23. The molecule has 0 aliphatic rings. The molecule has 1 aromatic carbocycles. The standard InChI is InChI=1S/C15H23NO/c1-5-13-6-8-14(9-7-13)10-11-15(17)16(4)12(2)3/h6-9,12H,5,10-11H2,1-4H3. The Morgan fingerprint density at radius 1 is 1.18 bits per heavy atom. The normalized spacial score (nSPS) is 10.6. The van der Waals surface area contributed by atoms with E-state index in [0.29, 0.717) is 6.42 Å². The highest BCUT2D eigenvalue weighted by Gasteiger charge is 2.11. The molecule has 0 unspecified atom stereocenters. The van der Waals surface area contributed by atoms with E-state index < -0.39 is 0 Å². The lowest BCUT2D eigenvalue weighted by Gasteiger charge is -2.21. The molecule has 0 aliphatic heterocycles. The Morgan fingerprint density at radius 2 is 1.71 bits per heavy atom. The van der Waals surface area contributed by atoms with Crippen molar-refractivity contribution in [2.24, 2.45) is 0 Å². The summed E-state index contributed by atoms with van der Waals surface area (Å²) in [6.07, 6.45) is 2.50. The van der Waals surface area contributed by atoms with Crippen molar-refractivity contribution in [1.29, 1.82) is 0 Å². The fourth-order valence-corrected chi connectivity index (χ4v) is 1.66. The van der Waals surface area contributed by atoms with Crippen LogP contribution < -0.4 is 0 Å². The number of rotatable bonds is 5. The van der Waals surface area contributed by atoms with Crippen molar-refractivity contribution in [3.05, 3.63) is 35.4 Å². The van der Waals surface area contributed by atoms with Gasteiger partial charge in [0.25, 0.3) is 0 Å². The largest absolute Gasteiger partial charge is 0.343 e. The van der Waals surface area contributed by atoms with Gasteiger partial charge < -0.3 is 4.90 Å². The fourth-order valence-electron chi connectivity index (χ4n) is 1.66. The average molecular weight is 233 g/mol. The minimum Gasteiger partial charge on any atom is -0.343 e. The Balaban J connectivity index is 2.47. The van der Waals surface area contributed by atoms with Gasteiger partial charge in [0.2, 0.25) is 5.91 Å². The number of hydrogen-bond donors (Lipinski definition) is 0. The predicted molar refractivity (Wildman–Crippen MR) is 72.0 cm³/mol. The van der Waals surface area contributed by atoms with Crippen molar-refractivity contribution in [3.8, 4) is 0 Å². The zero-order valence-corrected chi connectivity index (χ0v) is 11.4. The molecule has 17 heavy (non-hydrogen) atoms. The SMILES string of the molecule is CCc1ccc(CCC(=O)N(C)C(C)C)cc1. The summed E-state index contributed by atoms with van der Waals surface area (Å²) in [6.45, 7) is 6.22. The van der Waals surface area contributed by atoms with E-state index in [9.17, 15) is 4.79 Å². The molecule has 0 aliphatic carbocycles. The summed E-state index contributed by atoms with van der Waals surface area (Å²) in [5, 5.41) is 0. The number of nitrogens with zero attached hydrogens (tertiary/aromatic N) is 1. The Kier molecular flexibility index (Phi) is 5.20. The van der Waals surface area contributed by atoms with Crippen molar-refractivity contribution in [2.45, 2.75) is 46.1 Å². The molecule has 0 heterocycles. The van der Waals surface area contributed by atoms with Crippen LogP contribution in [0, 0.1) is 0 Å². The molecule has 0 atom stereocenters. The van der Waals surface area contributed by atoms with Gasteiger partial charge in [0.1, 0.15) is 0 Å². The van der Waals surface area contributed by atoms with Crippen LogP contribution in [0.5, 0.6) is 0 Å². The molecule has 2 nitrogen and oxygen atoms in total. The lowest BCUT2D eigenvalue weighted by molar-refractivity contribution is -0.131. The molecule has 0 aromatic heterocycles. The van der Waals surface area contributed by atoms with Gasteiger partial charge >= 0.3 is 0 Å². The van der Waals surface area contributed by atoms with Crippen LogP contribution in [0.4, 0.5) is 0 Å².